The molecule has 94 valence electrons. The number of halogens is 2. The second kappa shape index (κ2) is 4.56. The molecule has 2 rings (SSSR count). The zero-order valence-electron chi connectivity index (χ0n) is 9.75. The predicted octanol–water partition coefficient (Wildman–Crippen LogP) is 2.82. The third-order valence-electron chi connectivity index (χ3n) is 2.55. The highest BCUT2D eigenvalue weighted by atomic mass is 19.2. The van der Waals surface area contributed by atoms with Gasteiger partial charge in [0.05, 0.1) is 0 Å². The van der Waals surface area contributed by atoms with Gasteiger partial charge in [-0.15, -0.1) is 0 Å². The van der Waals surface area contributed by atoms with Crippen LogP contribution >= 0.6 is 0 Å². The van der Waals surface area contributed by atoms with E-state index in [1.54, 1.807) is 13.8 Å². The molecular weight excluding hydrogens is 242 g/mol. The Hall–Kier alpha value is -2.24. The van der Waals surface area contributed by atoms with E-state index in [0.29, 0.717) is 11.3 Å². The molecule has 0 aliphatic rings. The summed E-state index contributed by atoms with van der Waals surface area (Å²) in [6, 6.07) is 3.10. The second-order valence-corrected chi connectivity index (χ2v) is 3.80. The van der Waals surface area contributed by atoms with Crippen LogP contribution in [0, 0.1) is 25.5 Å². The monoisotopic (exact) mass is 252 g/mol. The Balaban J connectivity index is 2.21. The number of amides is 1. The molecule has 0 aliphatic heterocycles. The second-order valence-electron chi connectivity index (χ2n) is 3.80. The summed E-state index contributed by atoms with van der Waals surface area (Å²) in [6.07, 6.45) is 0. The number of nitrogens with one attached hydrogen (secondary N) is 1. The molecule has 1 aromatic carbocycles. The van der Waals surface area contributed by atoms with Gasteiger partial charge in [0.15, 0.2) is 17.3 Å². The van der Waals surface area contributed by atoms with Gasteiger partial charge >= 0.3 is 0 Å². The van der Waals surface area contributed by atoms with E-state index in [-0.39, 0.29) is 11.4 Å². The Labute approximate surface area is 102 Å². The number of benzene rings is 1. The molecule has 0 bridgehead atoms. The number of nitrogens with zero attached hydrogens (tertiary/aromatic N) is 1. The first-order valence-electron chi connectivity index (χ1n) is 5.18. The van der Waals surface area contributed by atoms with Crippen LogP contribution in [0.2, 0.25) is 0 Å². The number of aryl methyl sites for hydroxylation is 1. The number of carbonyl (C=O) groups is 1. The first-order valence-corrected chi connectivity index (χ1v) is 5.18. The van der Waals surface area contributed by atoms with Crippen molar-refractivity contribution in [3.05, 3.63) is 46.9 Å². The van der Waals surface area contributed by atoms with Gasteiger partial charge in [0.25, 0.3) is 5.91 Å². The molecule has 18 heavy (non-hydrogen) atoms. The van der Waals surface area contributed by atoms with E-state index in [1.165, 1.54) is 6.07 Å². The summed E-state index contributed by atoms with van der Waals surface area (Å²) >= 11 is 0. The van der Waals surface area contributed by atoms with E-state index in [0.717, 1.165) is 12.1 Å². The lowest BCUT2D eigenvalue weighted by Crippen LogP contribution is -2.13. The van der Waals surface area contributed by atoms with Gasteiger partial charge in [0.1, 0.15) is 5.76 Å². The zero-order valence-corrected chi connectivity index (χ0v) is 9.75. The molecular formula is C12H10F2N2O2. The molecule has 1 N–H and O–H groups in total. The van der Waals surface area contributed by atoms with Crippen LogP contribution in [-0.2, 0) is 0 Å². The Morgan fingerprint density at radius 1 is 1.28 bits per heavy atom. The smallest absolute Gasteiger partial charge is 0.278 e. The van der Waals surface area contributed by atoms with Crippen molar-refractivity contribution < 1.29 is 18.1 Å². The molecule has 1 heterocycles. The van der Waals surface area contributed by atoms with Crippen molar-refractivity contribution in [2.45, 2.75) is 13.8 Å². The molecule has 0 saturated heterocycles. The van der Waals surface area contributed by atoms with E-state index < -0.39 is 17.5 Å². The Kier molecular flexibility index (Phi) is 3.10. The lowest BCUT2D eigenvalue weighted by atomic mass is 10.2. The number of aromatic nitrogens is 1. The minimum absolute atomic E-state index is 0.122. The molecule has 0 fully saturated rings. The van der Waals surface area contributed by atoms with Crippen LogP contribution in [0.4, 0.5) is 14.5 Å². The van der Waals surface area contributed by atoms with Gasteiger partial charge in [0, 0.05) is 17.3 Å². The molecule has 0 atom stereocenters. The Morgan fingerprint density at radius 3 is 2.56 bits per heavy atom. The molecule has 1 aromatic heterocycles. The molecule has 0 saturated carbocycles. The summed E-state index contributed by atoms with van der Waals surface area (Å²) in [4.78, 5) is 11.8. The fourth-order valence-corrected chi connectivity index (χ4v) is 1.39. The van der Waals surface area contributed by atoms with Crippen molar-refractivity contribution in [3.63, 3.8) is 0 Å². The summed E-state index contributed by atoms with van der Waals surface area (Å²) < 4.78 is 30.5. The maximum atomic E-state index is 13.0. The highest BCUT2D eigenvalue weighted by Gasteiger charge is 2.16. The normalized spacial score (nSPS) is 10.4. The van der Waals surface area contributed by atoms with E-state index >= 15 is 0 Å². The summed E-state index contributed by atoms with van der Waals surface area (Å²) in [5.41, 5.74) is 0.881. The predicted molar refractivity (Wildman–Crippen MR) is 60.3 cm³/mol. The lowest BCUT2D eigenvalue weighted by molar-refractivity contribution is 0.101. The first kappa shape index (κ1) is 12.2. The molecule has 0 spiro atoms. The lowest BCUT2D eigenvalue weighted by Gasteiger charge is -2.03. The van der Waals surface area contributed by atoms with Crippen LogP contribution in [0.5, 0.6) is 0 Å². The average Bonchev–Trinajstić information content (AvgIpc) is 2.65. The van der Waals surface area contributed by atoms with E-state index in [4.69, 9.17) is 4.52 Å². The van der Waals surface area contributed by atoms with Gasteiger partial charge in [-0.05, 0) is 26.0 Å². The minimum atomic E-state index is -1.03. The van der Waals surface area contributed by atoms with Crippen LogP contribution in [0.1, 0.15) is 21.8 Å². The van der Waals surface area contributed by atoms with Crippen molar-refractivity contribution in [1.29, 1.82) is 0 Å². The highest BCUT2D eigenvalue weighted by Crippen LogP contribution is 2.16. The van der Waals surface area contributed by atoms with Gasteiger partial charge in [0.2, 0.25) is 0 Å². The van der Waals surface area contributed by atoms with E-state index in [1.807, 2.05) is 0 Å². The fraction of sp³-hybridized carbons (Fsp3) is 0.167. The average molecular weight is 252 g/mol. The standard InChI is InChI=1S/C12H10F2N2O2/c1-6-7(2)18-16-11(6)12(17)15-8-3-4-9(13)10(14)5-8/h3-5H,1-2H3,(H,15,17). The summed E-state index contributed by atoms with van der Waals surface area (Å²) in [5.74, 6) is -2.00. The molecule has 0 unspecified atom stereocenters. The third-order valence-corrected chi connectivity index (χ3v) is 2.55. The maximum absolute atomic E-state index is 13.0. The zero-order chi connectivity index (χ0) is 13.3. The quantitative estimate of drug-likeness (QED) is 0.894. The van der Waals surface area contributed by atoms with Gasteiger partial charge < -0.3 is 9.84 Å². The van der Waals surface area contributed by atoms with E-state index in [2.05, 4.69) is 10.5 Å². The van der Waals surface area contributed by atoms with Crippen molar-refractivity contribution in [1.82, 2.24) is 5.16 Å². The molecule has 0 radical (unpaired) electrons. The fourth-order valence-electron chi connectivity index (χ4n) is 1.39. The van der Waals surface area contributed by atoms with Crippen LogP contribution in [0.3, 0.4) is 0 Å². The minimum Gasteiger partial charge on any atom is -0.361 e. The Bertz CT molecular complexity index is 608. The molecule has 1 amide bonds. The SMILES string of the molecule is Cc1onc(C(=O)Nc2ccc(F)c(F)c2)c1C. The van der Waals surface area contributed by atoms with Crippen LogP contribution in [-0.4, -0.2) is 11.1 Å². The van der Waals surface area contributed by atoms with Gasteiger partial charge in [-0.25, -0.2) is 8.78 Å². The van der Waals surface area contributed by atoms with Crippen LogP contribution in [0.25, 0.3) is 0 Å². The molecule has 4 nitrogen and oxygen atoms in total. The summed E-state index contributed by atoms with van der Waals surface area (Å²) in [6.45, 7) is 3.36. The topological polar surface area (TPSA) is 55.1 Å². The van der Waals surface area contributed by atoms with Crippen molar-refractivity contribution in [2.75, 3.05) is 5.32 Å². The number of hydrogen-bond acceptors (Lipinski definition) is 3. The third kappa shape index (κ3) is 2.22. The van der Waals surface area contributed by atoms with Crippen molar-refractivity contribution >= 4 is 11.6 Å². The van der Waals surface area contributed by atoms with Crippen molar-refractivity contribution in [3.8, 4) is 0 Å². The number of anilines is 1. The largest absolute Gasteiger partial charge is 0.361 e. The summed E-state index contributed by atoms with van der Waals surface area (Å²) in [5, 5.41) is 6.01. The molecule has 2 aromatic rings. The van der Waals surface area contributed by atoms with Crippen LogP contribution in [0.15, 0.2) is 22.7 Å². The van der Waals surface area contributed by atoms with Gasteiger partial charge in [-0.1, -0.05) is 5.16 Å². The molecule has 0 aliphatic carbocycles. The first-order chi connectivity index (χ1) is 8.49. The van der Waals surface area contributed by atoms with Gasteiger partial charge in [-0.2, -0.15) is 0 Å². The van der Waals surface area contributed by atoms with Crippen LogP contribution < -0.4 is 5.32 Å². The number of rotatable bonds is 2. The molecule has 6 heteroatoms. The van der Waals surface area contributed by atoms with Crippen molar-refractivity contribution in [2.24, 2.45) is 0 Å². The number of hydrogen-bond donors (Lipinski definition) is 1. The van der Waals surface area contributed by atoms with Gasteiger partial charge in [-0.3, -0.25) is 4.79 Å². The van der Waals surface area contributed by atoms with E-state index in [9.17, 15) is 13.6 Å². The summed E-state index contributed by atoms with van der Waals surface area (Å²) in [7, 11) is 0. The Morgan fingerprint density at radius 2 is 2.00 bits per heavy atom. The highest BCUT2D eigenvalue weighted by molar-refractivity contribution is 6.03. The number of carbonyl (C=O) groups excluding carboxylic acids is 1. The maximum Gasteiger partial charge on any atom is 0.278 e.